The summed E-state index contributed by atoms with van der Waals surface area (Å²) >= 11 is 0. The lowest BCUT2D eigenvalue weighted by Gasteiger charge is -2.56. The van der Waals surface area contributed by atoms with Gasteiger partial charge < -0.3 is 5.11 Å². The van der Waals surface area contributed by atoms with Crippen molar-refractivity contribution in [2.45, 2.75) is 105 Å². The van der Waals surface area contributed by atoms with Crippen LogP contribution in [0.3, 0.4) is 0 Å². The van der Waals surface area contributed by atoms with E-state index in [4.69, 9.17) is 0 Å². The minimum absolute atomic E-state index is 0.0868. The van der Waals surface area contributed by atoms with Gasteiger partial charge >= 0.3 is 0 Å². The van der Waals surface area contributed by atoms with Crippen molar-refractivity contribution >= 4 is 0 Å². The van der Waals surface area contributed by atoms with E-state index in [1.54, 1.807) is 5.57 Å². The Labute approximate surface area is 180 Å². The van der Waals surface area contributed by atoms with E-state index in [9.17, 15) is 5.11 Å². The fraction of sp³-hybridized carbons (Fsp3) is 0.857. The number of fused-ring (bicyclic) bond motifs is 4. The molecular formula is C28H46O. The predicted octanol–water partition coefficient (Wildman–Crippen LogP) is 7.55. The highest BCUT2D eigenvalue weighted by Crippen LogP contribution is 2.65. The van der Waals surface area contributed by atoms with E-state index in [1.807, 2.05) is 5.57 Å². The van der Waals surface area contributed by atoms with E-state index in [0.717, 1.165) is 30.1 Å². The minimum atomic E-state index is -0.104. The predicted molar refractivity (Wildman–Crippen MR) is 124 cm³/mol. The molecule has 1 N–H and O–H groups in total. The minimum Gasteiger partial charge on any atom is -0.392 e. The SMILES string of the molecule is CC(C)[C@@H](C)/C=C/[C@@H](C)[C@H]1CC[C@H]2C3=C(CC[C@]12C)[C@@]1(C)C(O)CCCC1CC3. The lowest BCUT2D eigenvalue weighted by molar-refractivity contribution is -0.0359. The average Bonchev–Trinajstić information content (AvgIpc) is 3.04. The smallest absolute Gasteiger partial charge is 0.0633 e. The molecule has 2 unspecified atom stereocenters. The Bertz CT molecular complexity index is 672. The first-order valence-electron chi connectivity index (χ1n) is 12.8. The van der Waals surface area contributed by atoms with E-state index in [0.29, 0.717) is 17.3 Å². The van der Waals surface area contributed by atoms with Crippen molar-refractivity contribution in [3.8, 4) is 0 Å². The van der Waals surface area contributed by atoms with Crippen LogP contribution in [-0.2, 0) is 0 Å². The van der Waals surface area contributed by atoms with Crippen molar-refractivity contribution in [3.05, 3.63) is 23.3 Å². The van der Waals surface area contributed by atoms with Gasteiger partial charge in [-0.15, -0.1) is 0 Å². The summed E-state index contributed by atoms with van der Waals surface area (Å²) in [5.41, 5.74) is 4.09. The number of allylic oxidation sites excluding steroid dienone is 3. The normalized spacial score (nSPS) is 44.6. The van der Waals surface area contributed by atoms with Gasteiger partial charge in [-0.1, -0.05) is 71.3 Å². The molecule has 2 fully saturated rings. The zero-order valence-electron chi connectivity index (χ0n) is 20.0. The fourth-order valence-corrected chi connectivity index (χ4v) is 8.12. The summed E-state index contributed by atoms with van der Waals surface area (Å²) in [5.74, 6) is 4.41. The quantitative estimate of drug-likeness (QED) is 0.484. The molecule has 0 saturated heterocycles. The second-order valence-electron chi connectivity index (χ2n) is 12.1. The van der Waals surface area contributed by atoms with Gasteiger partial charge in [0.05, 0.1) is 6.10 Å². The fourth-order valence-electron chi connectivity index (χ4n) is 8.12. The Hall–Kier alpha value is -0.560. The molecule has 0 heterocycles. The lowest BCUT2D eigenvalue weighted by atomic mass is 9.50. The lowest BCUT2D eigenvalue weighted by Crippen LogP contribution is -2.49. The third-order valence-electron chi connectivity index (χ3n) is 10.5. The van der Waals surface area contributed by atoms with Crippen LogP contribution in [0.25, 0.3) is 0 Å². The highest BCUT2D eigenvalue weighted by Gasteiger charge is 2.56. The molecule has 0 radical (unpaired) electrons. The molecule has 4 rings (SSSR count). The molecule has 0 amide bonds. The molecule has 1 heteroatoms. The van der Waals surface area contributed by atoms with Gasteiger partial charge in [-0.2, -0.15) is 0 Å². The molecule has 2 saturated carbocycles. The summed E-state index contributed by atoms with van der Waals surface area (Å²) in [6.45, 7) is 14.6. The summed E-state index contributed by atoms with van der Waals surface area (Å²) in [6, 6.07) is 0. The number of rotatable bonds is 4. The summed E-state index contributed by atoms with van der Waals surface area (Å²) in [4.78, 5) is 0. The topological polar surface area (TPSA) is 20.2 Å². The molecule has 4 aliphatic rings. The van der Waals surface area contributed by atoms with Crippen LogP contribution in [-0.4, -0.2) is 11.2 Å². The molecule has 0 aromatic carbocycles. The molecule has 29 heavy (non-hydrogen) atoms. The van der Waals surface area contributed by atoms with Crippen molar-refractivity contribution in [1.29, 1.82) is 0 Å². The van der Waals surface area contributed by atoms with Crippen LogP contribution in [0, 0.1) is 46.3 Å². The maximum Gasteiger partial charge on any atom is 0.0633 e. The number of hydrogen-bond donors (Lipinski definition) is 1. The van der Waals surface area contributed by atoms with Crippen LogP contribution >= 0.6 is 0 Å². The Kier molecular flexibility index (Phi) is 5.86. The molecule has 0 spiro atoms. The van der Waals surface area contributed by atoms with Crippen molar-refractivity contribution in [2.75, 3.05) is 0 Å². The van der Waals surface area contributed by atoms with E-state index >= 15 is 0 Å². The van der Waals surface area contributed by atoms with Gasteiger partial charge in [0.15, 0.2) is 0 Å². The zero-order chi connectivity index (χ0) is 21.0. The summed E-state index contributed by atoms with van der Waals surface area (Å²) < 4.78 is 0. The van der Waals surface area contributed by atoms with Crippen LogP contribution in [0.4, 0.5) is 0 Å². The zero-order valence-corrected chi connectivity index (χ0v) is 20.0. The highest BCUT2D eigenvalue weighted by atomic mass is 16.3. The van der Waals surface area contributed by atoms with Crippen molar-refractivity contribution < 1.29 is 5.11 Å². The number of aliphatic hydroxyl groups excluding tert-OH is 1. The Morgan fingerprint density at radius 2 is 1.69 bits per heavy atom. The molecule has 164 valence electrons. The third kappa shape index (κ3) is 3.38. The average molecular weight is 399 g/mol. The van der Waals surface area contributed by atoms with Crippen LogP contribution in [0.15, 0.2) is 23.3 Å². The highest BCUT2D eigenvalue weighted by molar-refractivity contribution is 5.35. The number of aliphatic hydroxyl groups is 1. The molecule has 0 aliphatic heterocycles. The molecule has 0 aromatic rings. The molecule has 8 atom stereocenters. The van der Waals surface area contributed by atoms with Crippen LogP contribution in [0.5, 0.6) is 0 Å². The molecule has 4 aliphatic carbocycles. The summed E-state index contributed by atoms with van der Waals surface area (Å²) in [5, 5.41) is 11.1. The van der Waals surface area contributed by atoms with Gasteiger partial charge in [-0.3, -0.25) is 0 Å². The van der Waals surface area contributed by atoms with Crippen LogP contribution in [0.2, 0.25) is 0 Å². The molecule has 0 aromatic heterocycles. The van der Waals surface area contributed by atoms with Gasteiger partial charge in [-0.25, -0.2) is 0 Å². The summed E-state index contributed by atoms with van der Waals surface area (Å²) in [6.07, 6.45) is 16.5. The first-order valence-corrected chi connectivity index (χ1v) is 12.8. The van der Waals surface area contributed by atoms with Gasteiger partial charge in [0, 0.05) is 5.41 Å². The Morgan fingerprint density at radius 1 is 0.931 bits per heavy atom. The standard InChI is InChI=1S/C28H46O/c1-18(2)19(3)10-11-20(4)23-14-15-24-22-13-12-21-8-7-9-26(29)28(21,6)25(22)16-17-27(23,24)5/h10-11,18-21,23-24,26,29H,7-9,12-17H2,1-6H3/b11-10+/t19-,20+,21?,23+,24-,26?,27+,28-/m0/s1. The van der Waals surface area contributed by atoms with Crippen molar-refractivity contribution in [3.63, 3.8) is 0 Å². The maximum absolute atomic E-state index is 11.1. The van der Waals surface area contributed by atoms with Gasteiger partial charge in [-0.05, 0) is 92.3 Å². The van der Waals surface area contributed by atoms with Gasteiger partial charge in [0.2, 0.25) is 0 Å². The Balaban J connectivity index is 1.59. The second kappa shape index (κ2) is 7.85. The van der Waals surface area contributed by atoms with E-state index in [2.05, 4.69) is 53.7 Å². The third-order valence-corrected chi connectivity index (χ3v) is 10.5. The van der Waals surface area contributed by atoms with Gasteiger partial charge in [0.1, 0.15) is 0 Å². The summed E-state index contributed by atoms with van der Waals surface area (Å²) in [7, 11) is 0. The number of hydrogen-bond acceptors (Lipinski definition) is 1. The first kappa shape index (κ1) is 21.7. The monoisotopic (exact) mass is 398 g/mol. The van der Waals surface area contributed by atoms with E-state index < -0.39 is 0 Å². The van der Waals surface area contributed by atoms with Crippen molar-refractivity contribution in [1.82, 2.24) is 0 Å². The van der Waals surface area contributed by atoms with E-state index in [-0.39, 0.29) is 11.5 Å². The molecule has 0 bridgehead atoms. The largest absolute Gasteiger partial charge is 0.392 e. The molecular weight excluding hydrogens is 352 g/mol. The van der Waals surface area contributed by atoms with Crippen molar-refractivity contribution in [2.24, 2.45) is 46.3 Å². The van der Waals surface area contributed by atoms with Crippen LogP contribution in [0.1, 0.15) is 99.3 Å². The first-order chi connectivity index (χ1) is 13.7. The van der Waals surface area contributed by atoms with Crippen LogP contribution < -0.4 is 0 Å². The maximum atomic E-state index is 11.1. The second-order valence-corrected chi connectivity index (χ2v) is 12.1. The Morgan fingerprint density at radius 3 is 2.41 bits per heavy atom. The van der Waals surface area contributed by atoms with E-state index in [1.165, 1.54) is 51.4 Å². The van der Waals surface area contributed by atoms with Gasteiger partial charge in [0.25, 0.3) is 0 Å². The molecule has 1 nitrogen and oxygen atoms in total.